The first-order chi connectivity index (χ1) is 8.21. The van der Waals surface area contributed by atoms with Crippen molar-refractivity contribution in [3.8, 4) is 5.75 Å². The van der Waals surface area contributed by atoms with E-state index in [0.29, 0.717) is 11.7 Å². The van der Waals surface area contributed by atoms with Crippen molar-refractivity contribution in [2.24, 2.45) is 0 Å². The van der Waals surface area contributed by atoms with Gasteiger partial charge in [0.25, 0.3) is 0 Å². The Hall–Kier alpha value is -1.51. The Morgan fingerprint density at radius 2 is 1.94 bits per heavy atom. The zero-order valence-corrected chi connectivity index (χ0v) is 11.8. The molecule has 0 aliphatic rings. The number of hydrogen-bond donors (Lipinski definition) is 1. The molecule has 0 aliphatic heterocycles. The first-order valence-corrected chi connectivity index (χ1v) is 6.21. The van der Waals surface area contributed by atoms with Crippen LogP contribution in [0, 0.1) is 0 Å². The van der Waals surface area contributed by atoms with Crippen LogP contribution in [0.25, 0.3) is 0 Å². The number of aliphatic carboxylic acids is 1. The summed E-state index contributed by atoms with van der Waals surface area (Å²) in [6.07, 6.45) is 0. The zero-order valence-electron chi connectivity index (χ0n) is 11.8. The van der Waals surface area contributed by atoms with Gasteiger partial charge in [-0.15, -0.1) is 0 Å². The average molecular weight is 250 g/mol. The highest BCUT2D eigenvalue weighted by molar-refractivity contribution is 5.68. The summed E-state index contributed by atoms with van der Waals surface area (Å²) in [4.78, 5) is 10.6. The molecule has 0 saturated carbocycles. The highest BCUT2D eigenvalue weighted by Gasteiger charge is 2.17. The highest BCUT2D eigenvalue weighted by Crippen LogP contribution is 2.32. The second-order valence-corrected chi connectivity index (χ2v) is 5.84. The third kappa shape index (κ3) is 3.76. The van der Waals surface area contributed by atoms with Crippen LogP contribution in [-0.4, -0.2) is 17.7 Å². The Bertz CT molecular complexity index is 428. The van der Waals surface area contributed by atoms with Gasteiger partial charge < -0.3 is 9.84 Å². The second-order valence-electron chi connectivity index (χ2n) is 5.84. The second kappa shape index (κ2) is 5.42. The third-order valence-electron chi connectivity index (χ3n) is 2.85. The first-order valence-electron chi connectivity index (χ1n) is 6.21. The number of carboxylic acid groups (broad SMARTS) is 1. The van der Waals surface area contributed by atoms with E-state index in [4.69, 9.17) is 9.84 Å². The molecule has 1 rings (SSSR count). The van der Waals surface area contributed by atoms with Gasteiger partial charge in [0, 0.05) is 0 Å². The predicted octanol–water partition coefficient (Wildman–Crippen LogP) is 3.57. The van der Waals surface area contributed by atoms with Gasteiger partial charge in [-0.25, -0.2) is 4.79 Å². The molecule has 3 heteroatoms. The van der Waals surface area contributed by atoms with Crippen molar-refractivity contribution in [2.75, 3.05) is 6.61 Å². The van der Waals surface area contributed by atoms with E-state index < -0.39 is 5.97 Å². The summed E-state index contributed by atoms with van der Waals surface area (Å²) in [5.74, 6) is 0.0357. The standard InChI is InChI=1S/C15H22O3/c1-10(2)12-7-6-11(15(3,4)5)8-13(12)18-9-14(16)17/h6-8,10H,9H2,1-5H3,(H,16,17). The number of hydrogen-bond acceptors (Lipinski definition) is 2. The topological polar surface area (TPSA) is 46.5 Å². The first kappa shape index (κ1) is 14.6. The largest absolute Gasteiger partial charge is 0.482 e. The molecule has 3 nitrogen and oxygen atoms in total. The predicted molar refractivity (Wildman–Crippen MR) is 72.4 cm³/mol. The van der Waals surface area contributed by atoms with E-state index >= 15 is 0 Å². The molecule has 0 amide bonds. The number of ether oxygens (including phenoxy) is 1. The normalized spacial score (nSPS) is 11.7. The summed E-state index contributed by atoms with van der Waals surface area (Å²) in [6.45, 7) is 10.2. The Balaban J connectivity index is 3.11. The molecule has 0 fully saturated rings. The van der Waals surface area contributed by atoms with E-state index in [-0.39, 0.29) is 12.0 Å². The van der Waals surface area contributed by atoms with Crippen LogP contribution in [0.3, 0.4) is 0 Å². The molecule has 0 heterocycles. The number of benzene rings is 1. The lowest BCUT2D eigenvalue weighted by molar-refractivity contribution is -0.139. The van der Waals surface area contributed by atoms with Crippen LogP contribution in [0.5, 0.6) is 5.75 Å². The number of carbonyl (C=O) groups is 1. The van der Waals surface area contributed by atoms with Crippen molar-refractivity contribution < 1.29 is 14.6 Å². The summed E-state index contributed by atoms with van der Waals surface area (Å²) in [6, 6.07) is 6.07. The van der Waals surface area contributed by atoms with Crippen LogP contribution in [-0.2, 0) is 10.2 Å². The summed E-state index contributed by atoms with van der Waals surface area (Å²) >= 11 is 0. The SMILES string of the molecule is CC(C)c1ccc(C(C)(C)C)cc1OCC(=O)O. The van der Waals surface area contributed by atoms with E-state index in [1.54, 1.807) is 0 Å². The minimum absolute atomic E-state index is 0.0246. The fraction of sp³-hybridized carbons (Fsp3) is 0.533. The van der Waals surface area contributed by atoms with Crippen molar-refractivity contribution in [2.45, 2.75) is 46.0 Å². The van der Waals surface area contributed by atoms with Crippen molar-refractivity contribution in [1.29, 1.82) is 0 Å². The van der Waals surface area contributed by atoms with Crippen LogP contribution in [0.15, 0.2) is 18.2 Å². The van der Waals surface area contributed by atoms with Crippen LogP contribution in [0.4, 0.5) is 0 Å². The summed E-state index contributed by atoms with van der Waals surface area (Å²) in [7, 11) is 0. The maximum Gasteiger partial charge on any atom is 0.341 e. The van der Waals surface area contributed by atoms with Crippen LogP contribution in [0.1, 0.15) is 51.7 Å². The van der Waals surface area contributed by atoms with E-state index in [2.05, 4.69) is 40.7 Å². The summed E-state index contributed by atoms with van der Waals surface area (Å²) in [5.41, 5.74) is 2.22. The molecular weight excluding hydrogens is 228 g/mol. The molecule has 100 valence electrons. The van der Waals surface area contributed by atoms with Gasteiger partial charge in [-0.3, -0.25) is 0 Å². The molecule has 1 aromatic rings. The molecule has 0 radical (unpaired) electrons. The van der Waals surface area contributed by atoms with E-state index in [9.17, 15) is 4.79 Å². The summed E-state index contributed by atoms with van der Waals surface area (Å²) in [5, 5.41) is 8.71. The molecule has 0 bridgehead atoms. The maximum absolute atomic E-state index is 10.6. The van der Waals surface area contributed by atoms with Gasteiger partial charge >= 0.3 is 5.97 Å². The van der Waals surface area contributed by atoms with Crippen LogP contribution < -0.4 is 4.74 Å². The van der Waals surface area contributed by atoms with Gasteiger partial charge in [0.1, 0.15) is 5.75 Å². The Morgan fingerprint density at radius 1 is 1.33 bits per heavy atom. The number of rotatable bonds is 4. The molecule has 18 heavy (non-hydrogen) atoms. The Labute approximate surface area is 109 Å². The van der Waals surface area contributed by atoms with Gasteiger partial charge in [-0.05, 0) is 28.5 Å². The number of carboxylic acids is 1. The third-order valence-corrected chi connectivity index (χ3v) is 2.85. The minimum atomic E-state index is -0.953. The molecule has 1 N–H and O–H groups in total. The average Bonchev–Trinajstić information content (AvgIpc) is 2.24. The lowest BCUT2D eigenvalue weighted by atomic mass is 9.85. The quantitative estimate of drug-likeness (QED) is 0.888. The van der Waals surface area contributed by atoms with Crippen molar-refractivity contribution in [3.63, 3.8) is 0 Å². The van der Waals surface area contributed by atoms with E-state index in [1.165, 1.54) is 0 Å². The fourth-order valence-corrected chi connectivity index (χ4v) is 1.74. The Morgan fingerprint density at radius 3 is 2.39 bits per heavy atom. The highest BCUT2D eigenvalue weighted by atomic mass is 16.5. The molecular formula is C15H22O3. The smallest absolute Gasteiger partial charge is 0.341 e. The van der Waals surface area contributed by atoms with Crippen LogP contribution >= 0.6 is 0 Å². The van der Waals surface area contributed by atoms with Crippen molar-refractivity contribution in [1.82, 2.24) is 0 Å². The van der Waals surface area contributed by atoms with Crippen molar-refractivity contribution in [3.05, 3.63) is 29.3 Å². The molecule has 0 aliphatic carbocycles. The lowest BCUT2D eigenvalue weighted by Crippen LogP contribution is -2.14. The fourth-order valence-electron chi connectivity index (χ4n) is 1.74. The lowest BCUT2D eigenvalue weighted by Gasteiger charge is -2.22. The molecule has 0 aromatic heterocycles. The van der Waals surface area contributed by atoms with E-state index in [1.807, 2.05) is 12.1 Å². The summed E-state index contributed by atoms with van der Waals surface area (Å²) < 4.78 is 5.40. The molecule has 0 unspecified atom stereocenters. The van der Waals surface area contributed by atoms with Crippen molar-refractivity contribution >= 4 is 5.97 Å². The maximum atomic E-state index is 10.6. The molecule has 1 aromatic carbocycles. The zero-order chi connectivity index (χ0) is 13.9. The van der Waals surface area contributed by atoms with Gasteiger partial charge in [-0.2, -0.15) is 0 Å². The van der Waals surface area contributed by atoms with Gasteiger partial charge in [0.2, 0.25) is 0 Å². The van der Waals surface area contributed by atoms with E-state index in [0.717, 1.165) is 11.1 Å². The minimum Gasteiger partial charge on any atom is -0.482 e. The van der Waals surface area contributed by atoms with Gasteiger partial charge in [-0.1, -0.05) is 46.8 Å². The van der Waals surface area contributed by atoms with Gasteiger partial charge in [0.15, 0.2) is 6.61 Å². The monoisotopic (exact) mass is 250 g/mol. The van der Waals surface area contributed by atoms with Crippen LogP contribution in [0.2, 0.25) is 0 Å². The molecule has 0 spiro atoms. The van der Waals surface area contributed by atoms with Gasteiger partial charge in [0.05, 0.1) is 0 Å². The molecule has 0 saturated heterocycles. The molecule has 0 atom stereocenters. The Kier molecular flexibility index (Phi) is 4.38.